The molecule has 0 saturated carbocycles. The van der Waals surface area contributed by atoms with Crippen LogP contribution in [0, 0.1) is 13.8 Å². The van der Waals surface area contributed by atoms with Gasteiger partial charge in [-0.25, -0.2) is 8.42 Å². The number of sulfone groups is 1. The van der Waals surface area contributed by atoms with Crippen LogP contribution in [0.3, 0.4) is 0 Å². The highest BCUT2D eigenvalue weighted by atomic mass is 32.2. The summed E-state index contributed by atoms with van der Waals surface area (Å²) in [5.41, 5.74) is 3.32. The number of aryl methyl sites for hydroxylation is 2. The SMILES string of the molecule is Cc1ccc(C(=O)N(c2cccc(C)c2)[C@@H]2C=CS(=O)(=O)C2)cc1. The van der Waals surface area contributed by atoms with Crippen LogP contribution < -0.4 is 4.90 Å². The van der Waals surface area contributed by atoms with E-state index in [0.29, 0.717) is 11.3 Å². The average molecular weight is 341 g/mol. The summed E-state index contributed by atoms with van der Waals surface area (Å²) in [6, 6.07) is 14.3. The summed E-state index contributed by atoms with van der Waals surface area (Å²) < 4.78 is 23.6. The van der Waals surface area contributed by atoms with Crippen LogP contribution in [0.4, 0.5) is 5.69 Å². The van der Waals surface area contributed by atoms with Crippen molar-refractivity contribution in [1.82, 2.24) is 0 Å². The van der Waals surface area contributed by atoms with E-state index in [1.54, 1.807) is 23.1 Å². The minimum Gasteiger partial charge on any atom is -0.300 e. The van der Waals surface area contributed by atoms with E-state index in [-0.39, 0.29) is 11.7 Å². The molecule has 1 aliphatic heterocycles. The first-order valence-corrected chi connectivity index (χ1v) is 9.45. The first-order chi connectivity index (χ1) is 11.4. The van der Waals surface area contributed by atoms with Gasteiger partial charge < -0.3 is 4.90 Å². The van der Waals surface area contributed by atoms with Crippen molar-refractivity contribution >= 4 is 21.4 Å². The summed E-state index contributed by atoms with van der Waals surface area (Å²) in [7, 11) is -3.26. The second-order valence-electron chi connectivity index (χ2n) is 6.11. The molecule has 24 heavy (non-hydrogen) atoms. The molecule has 0 unspecified atom stereocenters. The second kappa shape index (κ2) is 6.24. The molecule has 2 aromatic rings. The third-order valence-electron chi connectivity index (χ3n) is 4.04. The van der Waals surface area contributed by atoms with E-state index >= 15 is 0 Å². The molecule has 1 amide bonds. The summed E-state index contributed by atoms with van der Waals surface area (Å²) >= 11 is 0. The van der Waals surface area contributed by atoms with Crippen molar-refractivity contribution in [3.05, 3.63) is 76.7 Å². The lowest BCUT2D eigenvalue weighted by atomic mass is 10.1. The zero-order chi connectivity index (χ0) is 17.3. The van der Waals surface area contributed by atoms with Gasteiger partial charge >= 0.3 is 0 Å². The third kappa shape index (κ3) is 3.41. The van der Waals surface area contributed by atoms with Crippen LogP contribution in [0.1, 0.15) is 21.5 Å². The van der Waals surface area contributed by atoms with Crippen molar-refractivity contribution in [3.8, 4) is 0 Å². The van der Waals surface area contributed by atoms with E-state index in [0.717, 1.165) is 11.1 Å². The van der Waals surface area contributed by atoms with Gasteiger partial charge in [-0.1, -0.05) is 29.8 Å². The topological polar surface area (TPSA) is 54.5 Å². The van der Waals surface area contributed by atoms with Crippen molar-refractivity contribution in [3.63, 3.8) is 0 Å². The zero-order valence-corrected chi connectivity index (χ0v) is 14.5. The van der Waals surface area contributed by atoms with Gasteiger partial charge in [0.05, 0.1) is 11.8 Å². The van der Waals surface area contributed by atoms with Crippen LogP contribution in [-0.4, -0.2) is 26.1 Å². The van der Waals surface area contributed by atoms with Crippen LogP contribution in [0.5, 0.6) is 0 Å². The number of carbonyl (C=O) groups excluding carboxylic acids is 1. The maximum atomic E-state index is 13.1. The Bertz CT molecular complexity index is 898. The van der Waals surface area contributed by atoms with E-state index in [2.05, 4.69) is 0 Å². The number of hydrogen-bond donors (Lipinski definition) is 0. The number of hydrogen-bond acceptors (Lipinski definition) is 3. The minimum atomic E-state index is -3.26. The first kappa shape index (κ1) is 16.5. The Kier molecular flexibility index (Phi) is 4.28. The number of carbonyl (C=O) groups is 1. The highest BCUT2D eigenvalue weighted by Gasteiger charge is 2.32. The molecule has 0 bridgehead atoms. The van der Waals surface area contributed by atoms with Crippen LogP contribution in [0.15, 0.2) is 60.0 Å². The molecular weight excluding hydrogens is 322 g/mol. The maximum Gasteiger partial charge on any atom is 0.258 e. The number of benzene rings is 2. The molecule has 3 rings (SSSR count). The third-order valence-corrected chi connectivity index (χ3v) is 5.42. The minimum absolute atomic E-state index is 0.0848. The highest BCUT2D eigenvalue weighted by Crippen LogP contribution is 2.25. The van der Waals surface area contributed by atoms with Crippen molar-refractivity contribution in [2.75, 3.05) is 10.7 Å². The number of anilines is 1. The molecule has 0 saturated heterocycles. The lowest BCUT2D eigenvalue weighted by Gasteiger charge is -2.28. The van der Waals surface area contributed by atoms with Gasteiger partial charge in [0, 0.05) is 16.7 Å². The number of amides is 1. The van der Waals surface area contributed by atoms with Gasteiger partial charge in [0.2, 0.25) is 0 Å². The largest absolute Gasteiger partial charge is 0.300 e. The molecule has 0 spiro atoms. The molecule has 2 aromatic carbocycles. The Morgan fingerprint density at radius 3 is 2.33 bits per heavy atom. The molecule has 1 atom stereocenters. The van der Waals surface area contributed by atoms with Crippen molar-refractivity contribution in [2.45, 2.75) is 19.9 Å². The standard InChI is InChI=1S/C19H19NO3S/c1-14-6-8-16(9-7-14)19(21)20(17-5-3-4-15(2)12-17)18-10-11-24(22,23)13-18/h3-12,18H,13H2,1-2H3/t18-/m1/s1. The van der Waals surface area contributed by atoms with Gasteiger partial charge in [-0.3, -0.25) is 4.79 Å². The fourth-order valence-corrected chi connectivity index (χ4v) is 4.06. The van der Waals surface area contributed by atoms with Crippen LogP contribution in [0.2, 0.25) is 0 Å². The maximum absolute atomic E-state index is 13.1. The first-order valence-electron chi connectivity index (χ1n) is 7.73. The normalized spacial score (nSPS) is 18.5. The summed E-state index contributed by atoms with van der Waals surface area (Å²) in [6.45, 7) is 3.90. The van der Waals surface area contributed by atoms with Gasteiger partial charge in [-0.15, -0.1) is 0 Å². The predicted molar refractivity (Wildman–Crippen MR) is 95.9 cm³/mol. The van der Waals surface area contributed by atoms with Gasteiger partial charge in [-0.2, -0.15) is 0 Å². The Morgan fingerprint density at radius 2 is 1.75 bits per heavy atom. The van der Waals surface area contributed by atoms with Gasteiger partial charge in [0.15, 0.2) is 9.84 Å². The molecule has 0 N–H and O–H groups in total. The molecule has 0 aliphatic carbocycles. The van der Waals surface area contributed by atoms with E-state index in [1.165, 1.54) is 5.41 Å². The van der Waals surface area contributed by atoms with Crippen molar-refractivity contribution in [2.24, 2.45) is 0 Å². The van der Waals surface area contributed by atoms with Crippen LogP contribution in [-0.2, 0) is 9.84 Å². The van der Waals surface area contributed by atoms with E-state index in [4.69, 9.17) is 0 Å². The van der Waals surface area contributed by atoms with Crippen LogP contribution >= 0.6 is 0 Å². The summed E-state index contributed by atoms with van der Waals surface area (Å²) in [5.74, 6) is -0.286. The fraction of sp³-hybridized carbons (Fsp3) is 0.211. The molecular formula is C19H19NO3S. The van der Waals surface area contributed by atoms with Gasteiger partial charge in [0.1, 0.15) is 0 Å². The average Bonchev–Trinajstić information content (AvgIpc) is 2.88. The summed E-state index contributed by atoms with van der Waals surface area (Å²) in [5, 5.41) is 1.20. The molecule has 5 heteroatoms. The van der Waals surface area contributed by atoms with Crippen LogP contribution in [0.25, 0.3) is 0 Å². The van der Waals surface area contributed by atoms with E-state index in [1.807, 2.05) is 50.2 Å². The molecule has 0 fully saturated rings. The predicted octanol–water partition coefficient (Wildman–Crippen LogP) is 3.26. The monoisotopic (exact) mass is 341 g/mol. The number of nitrogens with zero attached hydrogens (tertiary/aromatic N) is 1. The smallest absolute Gasteiger partial charge is 0.258 e. The molecule has 4 nitrogen and oxygen atoms in total. The Labute approximate surface area is 142 Å². The fourth-order valence-electron chi connectivity index (χ4n) is 2.79. The second-order valence-corrected chi connectivity index (χ2v) is 8.04. The van der Waals surface area contributed by atoms with Gasteiger partial charge in [-0.05, 0) is 49.8 Å². The Balaban J connectivity index is 2.03. The molecule has 0 radical (unpaired) electrons. The lowest BCUT2D eigenvalue weighted by molar-refractivity contribution is 0.0983. The lowest BCUT2D eigenvalue weighted by Crippen LogP contribution is -2.41. The zero-order valence-electron chi connectivity index (χ0n) is 13.6. The van der Waals surface area contributed by atoms with E-state index in [9.17, 15) is 13.2 Å². The van der Waals surface area contributed by atoms with Gasteiger partial charge in [0.25, 0.3) is 5.91 Å². The van der Waals surface area contributed by atoms with Crippen molar-refractivity contribution in [1.29, 1.82) is 0 Å². The quantitative estimate of drug-likeness (QED) is 0.861. The van der Waals surface area contributed by atoms with E-state index < -0.39 is 15.9 Å². The highest BCUT2D eigenvalue weighted by molar-refractivity contribution is 7.94. The molecule has 1 aliphatic rings. The summed E-state index contributed by atoms with van der Waals surface area (Å²) in [6.07, 6.45) is 1.59. The molecule has 124 valence electrons. The Hall–Kier alpha value is -2.40. The molecule has 1 heterocycles. The summed E-state index contributed by atoms with van der Waals surface area (Å²) in [4.78, 5) is 14.6. The van der Waals surface area contributed by atoms with Crippen molar-refractivity contribution < 1.29 is 13.2 Å². The number of rotatable bonds is 3. The Morgan fingerprint density at radius 1 is 1.04 bits per heavy atom. The molecule has 0 aromatic heterocycles.